The molecule has 22 heavy (non-hydrogen) atoms. The van der Waals surface area contributed by atoms with Gasteiger partial charge in [-0.3, -0.25) is 4.79 Å². The lowest BCUT2D eigenvalue weighted by Crippen LogP contribution is -2.02. The largest absolute Gasteiger partial charge is 0.497 e. The Kier molecular flexibility index (Phi) is 4.36. The summed E-state index contributed by atoms with van der Waals surface area (Å²) in [7, 11) is 1.62. The van der Waals surface area contributed by atoms with Crippen LogP contribution >= 0.6 is 23.4 Å². The van der Waals surface area contributed by atoms with E-state index in [4.69, 9.17) is 16.3 Å². The zero-order valence-corrected chi connectivity index (χ0v) is 13.4. The molecule has 0 aliphatic carbocycles. The molecule has 0 spiro atoms. The summed E-state index contributed by atoms with van der Waals surface area (Å²) < 4.78 is 5.18. The number of Topliss-reactive ketones (excluding diaryl/α,β-unsaturated/α-hetero) is 1. The number of methoxy groups -OCH3 is 1. The van der Waals surface area contributed by atoms with Crippen LogP contribution in [-0.2, 0) is 0 Å². The fraction of sp³-hybridized carbons (Fsp3) is 0.125. The first-order chi connectivity index (χ1) is 10.7. The zero-order chi connectivity index (χ0) is 15.5. The van der Waals surface area contributed by atoms with Crippen molar-refractivity contribution in [3.05, 3.63) is 53.1 Å². The smallest absolute Gasteiger partial charge is 0.173 e. The van der Waals surface area contributed by atoms with Gasteiger partial charge in [0.2, 0.25) is 0 Å². The lowest BCUT2D eigenvalue weighted by Gasteiger charge is -1.99. The highest BCUT2D eigenvalue weighted by atomic mass is 35.5. The molecule has 0 aliphatic rings. The Bertz CT molecular complexity index is 815. The number of ether oxygens (including phenoxy) is 1. The van der Waals surface area contributed by atoms with Crippen molar-refractivity contribution in [1.82, 2.24) is 9.97 Å². The minimum Gasteiger partial charge on any atom is -0.497 e. The van der Waals surface area contributed by atoms with Crippen LogP contribution in [0.25, 0.3) is 11.0 Å². The van der Waals surface area contributed by atoms with E-state index in [2.05, 4.69) is 9.97 Å². The van der Waals surface area contributed by atoms with Crippen molar-refractivity contribution in [2.75, 3.05) is 12.9 Å². The number of benzene rings is 2. The van der Waals surface area contributed by atoms with E-state index in [1.165, 1.54) is 11.8 Å². The maximum Gasteiger partial charge on any atom is 0.173 e. The first-order valence-corrected chi connectivity index (χ1v) is 7.97. The van der Waals surface area contributed by atoms with Gasteiger partial charge in [0.15, 0.2) is 10.9 Å². The van der Waals surface area contributed by atoms with Crippen molar-refractivity contribution in [1.29, 1.82) is 0 Å². The van der Waals surface area contributed by atoms with Gasteiger partial charge in [0, 0.05) is 16.7 Å². The number of aromatic amines is 1. The van der Waals surface area contributed by atoms with Crippen molar-refractivity contribution in [2.45, 2.75) is 5.16 Å². The van der Waals surface area contributed by atoms with Crippen LogP contribution in [0.15, 0.2) is 47.6 Å². The third kappa shape index (κ3) is 3.26. The molecule has 3 rings (SSSR count). The predicted octanol–water partition coefficient (Wildman–Crippen LogP) is 4.20. The monoisotopic (exact) mass is 332 g/mol. The van der Waals surface area contributed by atoms with Gasteiger partial charge in [0.05, 0.1) is 23.9 Å². The van der Waals surface area contributed by atoms with E-state index in [1.807, 2.05) is 18.2 Å². The van der Waals surface area contributed by atoms with E-state index in [0.29, 0.717) is 21.5 Å². The van der Waals surface area contributed by atoms with Crippen LogP contribution in [0.1, 0.15) is 10.4 Å². The van der Waals surface area contributed by atoms with Crippen molar-refractivity contribution >= 4 is 40.2 Å². The first kappa shape index (κ1) is 14.9. The first-order valence-electron chi connectivity index (χ1n) is 6.61. The topological polar surface area (TPSA) is 55.0 Å². The number of fused-ring (bicyclic) bond motifs is 1. The summed E-state index contributed by atoms with van der Waals surface area (Å²) in [6.07, 6.45) is 0. The van der Waals surface area contributed by atoms with Gasteiger partial charge < -0.3 is 9.72 Å². The minimum absolute atomic E-state index is 0.0414. The van der Waals surface area contributed by atoms with Gasteiger partial charge in [-0.15, -0.1) is 0 Å². The average molecular weight is 333 g/mol. The van der Waals surface area contributed by atoms with E-state index in [-0.39, 0.29) is 5.78 Å². The molecule has 1 heterocycles. The van der Waals surface area contributed by atoms with Gasteiger partial charge in [-0.05, 0) is 36.4 Å². The molecule has 1 aromatic heterocycles. The number of carbonyl (C=O) groups excluding carboxylic acids is 1. The van der Waals surface area contributed by atoms with Crippen LogP contribution in [-0.4, -0.2) is 28.6 Å². The number of nitrogens with zero attached hydrogens (tertiary/aromatic N) is 1. The number of aromatic nitrogens is 2. The Hall–Kier alpha value is -1.98. The van der Waals surface area contributed by atoms with Gasteiger partial charge in [0.25, 0.3) is 0 Å². The van der Waals surface area contributed by atoms with Crippen LogP contribution in [0.2, 0.25) is 5.02 Å². The number of rotatable bonds is 5. The van der Waals surface area contributed by atoms with Gasteiger partial charge in [-0.25, -0.2) is 4.98 Å². The van der Waals surface area contributed by atoms with Crippen molar-refractivity contribution < 1.29 is 9.53 Å². The molecule has 0 radical (unpaired) electrons. The fourth-order valence-corrected chi connectivity index (χ4v) is 2.92. The molecule has 112 valence electrons. The summed E-state index contributed by atoms with van der Waals surface area (Å²) in [6, 6.07) is 12.5. The lowest BCUT2D eigenvalue weighted by atomic mass is 10.1. The number of carbonyl (C=O) groups is 1. The number of halogens is 1. The second kappa shape index (κ2) is 6.42. The molecule has 0 bridgehead atoms. The second-order valence-electron chi connectivity index (χ2n) is 4.64. The number of imidazole rings is 1. The van der Waals surface area contributed by atoms with Gasteiger partial charge >= 0.3 is 0 Å². The quantitative estimate of drug-likeness (QED) is 0.562. The highest BCUT2D eigenvalue weighted by Gasteiger charge is 2.09. The van der Waals surface area contributed by atoms with Crippen molar-refractivity contribution in [3.8, 4) is 5.75 Å². The molecule has 4 nitrogen and oxygen atoms in total. The van der Waals surface area contributed by atoms with Crippen LogP contribution in [0, 0.1) is 0 Å². The summed E-state index contributed by atoms with van der Waals surface area (Å²) in [5.74, 6) is 1.13. The van der Waals surface area contributed by atoms with Crippen molar-refractivity contribution in [2.24, 2.45) is 0 Å². The lowest BCUT2D eigenvalue weighted by molar-refractivity contribution is 0.102. The number of hydrogen-bond donors (Lipinski definition) is 1. The van der Waals surface area contributed by atoms with Crippen LogP contribution in [0.4, 0.5) is 0 Å². The third-order valence-electron chi connectivity index (χ3n) is 3.17. The molecule has 0 saturated heterocycles. The fourth-order valence-electron chi connectivity index (χ4n) is 2.01. The summed E-state index contributed by atoms with van der Waals surface area (Å²) in [4.78, 5) is 19.8. The Morgan fingerprint density at radius 1 is 1.27 bits per heavy atom. The standard InChI is InChI=1S/C16H13ClN2O2S/c1-21-12-6-7-13-14(8-12)19-16(18-13)22-9-15(20)10-2-4-11(17)5-3-10/h2-8H,9H2,1H3,(H,18,19). The van der Waals surface area contributed by atoms with E-state index >= 15 is 0 Å². The third-order valence-corrected chi connectivity index (χ3v) is 4.30. The number of nitrogens with one attached hydrogen (secondary N) is 1. The van der Waals surface area contributed by atoms with E-state index in [0.717, 1.165) is 16.8 Å². The van der Waals surface area contributed by atoms with Gasteiger partial charge in [0.1, 0.15) is 5.75 Å². The number of ketones is 1. The highest BCUT2D eigenvalue weighted by molar-refractivity contribution is 7.99. The molecule has 0 amide bonds. The van der Waals surface area contributed by atoms with Gasteiger partial charge in [-0.1, -0.05) is 23.4 Å². The molecule has 2 aromatic carbocycles. The summed E-state index contributed by atoms with van der Waals surface area (Å²) >= 11 is 7.19. The van der Waals surface area contributed by atoms with E-state index in [1.54, 1.807) is 31.4 Å². The summed E-state index contributed by atoms with van der Waals surface area (Å²) in [5, 5.41) is 1.33. The minimum atomic E-state index is 0.0414. The number of thioether (sulfide) groups is 1. The maximum absolute atomic E-state index is 12.1. The van der Waals surface area contributed by atoms with Crippen LogP contribution in [0.5, 0.6) is 5.75 Å². The Morgan fingerprint density at radius 2 is 2.05 bits per heavy atom. The molecular weight excluding hydrogens is 320 g/mol. The molecule has 3 aromatic rings. The van der Waals surface area contributed by atoms with Gasteiger partial charge in [-0.2, -0.15) is 0 Å². The Morgan fingerprint density at radius 3 is 2.77 bits per heavy atom. The summed E-state index contributed by atoms with van der Waals surface area (Å²) in [6.45, 7) is 0. The van der Waals surface area contributed by atoms with E-state index < -0.39 is 0 Å². The average Bonchev–Trinajstić information content (AvgIpc) is 2.95. The molecule has 0 saturated carbocycles. The maximum atomic E-state index is 12.1. The molecular formula is C16H13ClN2O2S. The summed E-state index contributed by atoms with van der Waals surface area (Å²) in [5.41, 5.74) is 2.39. The SMILES string of the molecule is COc1ccc2nc(SCC(=O)c3ccc(Cl)cc3)[nH]c2c1. The van der Waals surface area contributed by atoms with Crippen LogP contribution in [0.3, 0.4) is 0 Å². The van der Waals surface area contributed by atoms with Crippen molar-refractivity contribution in [3.63, 3.8) is 0 Å². The van der Waals surface area contributed by atoms with Crippen LogP contribution < -0.4 is 4.74 Å². The second-order valence-corrected chi connectivity index (χ2v) is 6.04. The normalized spacial score (nSPS) is 10.8. The molecule has 0 atom stereocenters. The molecule has 1 N–H and O–H groups in total. The zero-order valence-electron chi connectivity index (χ0n) is 11.8. The number of hydrogen-bond acceptors (Lipinski definition) is 4. The highest BCUT2D eigenvalue weighted by Crippen LogP contribution is 2.23. The Labute approximate surface area is 136 Å². The number of H-pyrrole nitrogens is 1. The Balaban J connectivity index is 1.70. The molecule has 6 heteroatoms. The van der Waals surface area contributed by atoms with E-state index in [9.17, 15) is 4.79 Å². The predicted molar refractivity (Wildman–Crippen MR) is 89.2 cm³/mol. The molecule has 0 aliphatic heterocycles. The molecule has 0 fully saturated rings. The molecule has 0 unspecified atom stereocenters.